The zero-order valence-corrected chi connectivity index (χ0v) is 18.8. The molecule has 4 rings (SSSR count). The first-order valence-corrected chi connectivity index (χ1v) is 11.0. The zero-order chi connectivity index (χ0) is 23.9. The Morgan fingerprint density at radius 1 is 1.12 bits per heavy atom. The number of nitrogens with zero attached hydrogens (tertiary/aromatic N) is 2. The smallest absolute Gasteiger partial charge is 0.267 e. The fraction of sp³-hybridized carbons (Fsp3) is 0.192. The summed E-state index contributed by atoms with van der Waals surface area (Å²) in [6, 6.07) is 18.1. The molecule has 0 fully saturated rings. The van der Waals surface area contributed by atoms with Crippen LogP contribution in [0.15, 0.2) is 73.1 Å². The first-order chi connectivity index (χ1) is 16.5. The van der Waals surface area contributed by atoms with E-state index >= 15 is 0 Å². The number of amides is 1. The quantitative estimate of drug-likeness (QED) is 0.262. The van der Waals surface area contributed by atoms with Crippen molar-refractivity contribution in [1.82, 2.24) is 20.3 Å². The van der Waals surface area contributed by atoms with Crippen LogP contribution in [0.25, 0.3) is 11.3 Å². The SMILES string of the molecule is Cc1cnc(NC(CO)c2ccccc2)nc1-c1c[nH]c(C(=O)NCCc2ccccc2O)c1. The van der Waals surface area contributed by atoms with E-state index in [0.717, 1.165) is 22.3 Å². The Morgan fingerprint density at radius 2 is 1.88 bits per heavy atom. The first kappa shape index (κ1) is 23.0. The summed E-state index contributed by atoms with van der Waals surface area (Å²) >= 11 is 0. The second-order valence-corrected chi connectivity index (χ2v) is 7.95. The molecule has 8 nitrogen and oxygen atoms in total. The molecule has 0 radical (unpaired) electrons. The molecule has 1 unspecified atom stereocenters. The van der Waals surface area contributed by atoms with Gasteiger partial charge in [0.25, 0.3) is 5.91 Å². The number of benzene rings is 2. The number of aromatic amines is 1. The molecule has 5 N–H and O–H groups in total. The molecule has 0 bridgehead atoms. The van der Waals surface area contributed by atoms with Crippen LogP contribution in [0.2, 0.25) is 0 Å². The van der Waals surface area contributed by atoms with Gasteiger partial charge in [0.15, 0.2) is 0 Å². The molecule has 1 atom stereocenters. The van der Waals surface area contributed by atoms with Crippen molar-refractivity contribution in [3.05, 3.63) is 95.4 Å². The van der Waals surface area contributed by atoms with Gasteiger partial charge in [0.1, 0.15) is 11.4 Å². The number of carbonyl (C=O) groups is 1. The van der Waals surface area contributed by atoms with Crippen LogP contribution in [0.1, 0.15) is 33.2 Å². The number of H-pyrrole nitrogens is 1. The molecule has 0 saturated heterocycles. The number of nitrogens with one attached hydrogen (secondary N) is 3. The lowest BCUT2D eigenvalue weighted by Gasteiger charge is -2.17. The topological polar surface area (TPSA) is 123 Å². The number of anilines is 1. The van der Waals surface area contributed by atoms with Crippen molar-refractivity contribution < 1.29 is 15.0 Å². The highest BCUT2D eigenvalue weighted by atomic mass is 16.3. The van der Waals surface area contributed by atoms with Crippen LogP contribution >= 0.6 is 0 Å². The number of carbonyl (C=O) groups excluding carboxylic acids is 1. The largest absolute Gasteiger partial charge is 0.508 e. The third-order valence-corrected chi connectivity index (χ3v) is 5.53. The number of aromatic hydroxyl groups is 1. The molecule has 2 heterocycles. The summed E-state index contributed by atoms with van der Waals surface area (Å²) in [5.41, 5.74) is 4.43. The van der Waals surface area contributed by atoms with Crippen LogP contribution in [0.5, 0.6) is 5.75 Å². The standard InChI is InChI=1S/C26H27N5O3/c1-17-14-29-26(30-22(16-32)18-7-3-2-4-8-18)31-24(17)20-13-21(28-15-20)25(34)27-12-11-19-9-5-6-10-23(19)33/h2-10,13-15,22,28,32-33H,11-12,16H2,1H3,(H,27,34)(H,29,30,31). The summed E-state index contributed by atoms with van der Waals surface area (Å²) in [6.07, 6.45) is 3.97. The maximum absolute atomic E-state index is 12.6. The Bertz CT molecular complexity index is 1260. The highest BCUT2D eigenvalue weighted by molar-refractivity contribution is 5.93. The van der Waals surface area contributed by atoms with E-state index < -0.39 is 0 Å². The van der Waals surface area contributed by atoms with E-state index in [1.54, 1.807) is 30.6 Å². The minimum atomic E-state index is -0.339. The molecule has 0 aliphatic carbocycles. The Hall–Kier alpha value is -4.17. The molecular formula is C26H27N5O3. The van der Waals surface area contributed by atoms with Crippen LogP contribution in [0, 0.1) is 6.92 Å². The number of aryl methyl sites for hydroxylation is 1. The molecule has 174 valence electrons. The first-order valence-electron chi connectivity index (χ1n) is 11.0. The molecule has 2 aromatic heterocycles. The lowest BCUT2D eigenvalue weighted by atomic mass is 10.1. The van der Waals surface area contributed by atoms with E-state index in [1.807, 2.05) is 49.4 Å². The maximum Gasteiger partial charge on any atom is 0.267 e. The second kappa shape index (κ2) is 10.6. The van der Waals surface area contributed by atoms with Gasteiger partial charge in [-0.05, 0) is 42.2 Å². The second-order valence-electron chi connectivity index (χ2n) is 7.95. The molecule has 0 aliphatic rings. The third-order valence-electron chi connectivity index (χ3n) is 5.53. The number of phenolic OH excluding ortho intramolecular Hbond substituents is 1. The molecule has 34 heavy (non-hydrogen) atoms. The highest BCUT2D eigenvalue weighted by Gasteiger charge is 2.15. The Kier molecular flexibility index (Phi) is 7.19. The van der Waals surface area contributed by atoms with Gasteiger partial charge in [0.05, 0.1) is 18.3 Å². The number of rotatable bonds is 9. The highest BCUT2D eigenvalue weighted by Crippen LogP contribution is 2.24. The summed E-state index contributed by atoms with van der Waals surface area (Å²) in [5.74, 6) is 0.368. The predicted octanol–water partition coefficient (Wildman–Crippen LogP) is 3.60. The minimum absolute atomic E-state index is 0.105. The van der Waals surface area contributed by atoms with Crippen LogP contribution in [0.3, 0.4) is 0 Å². The van der Waals surface area contributed by atoms with Gasteiger partial charge in [-0.15, -0.1) is 0 Å². The van der Waals surface area contributed by atoms with E-state index in [-0.39, 0.29) is 24.3 Å². The molecule has 0 spiro atoms. The van der Waals surface area contributed by atoms with Crippen LogP contribution in [-0.2, 0) is 6.42 Å². The molecule has 2 aromatic carbocycles. The van der Waals surface area contributed by atoms with Gasteiger partial charge in [0, 0.05) is 24.5 Å². The average Bonchev–Trinajstić information content (AvgIpc) is 3.35. The van der Waals surface area contributed by atoms with E-state index in [2.05, 4.69) is 25.6 Å². The summed E-state index contributed by atoms with van der Waals surface area (Å²) in [4.78, 5) is 24.6. The van der Waals surface area contributed by atoms with Crippen LogP contribution < -0.4 is 10.6 Å². The number of aliphatic hydroxyl groups is 1. The van der Waals surface area contributed by atoms with Crippen LogP contribution in [-0.4, -0.2) is 44.2 Å². The van der Waals surface area contributed by atoms with Crippen molar-refractivity contribution in [3.63, 3.8) is 0 Å². The Morgan fingerprint density at radius 3 is 2.65 bits per heavy atom. The molecule has 0 aliphatic heterocycles. The average molecular weight is 458 g/mol. The fourth-order valence-electron chi connectivity index (χ4n) is 3.67. The Labute approximate surface area is 197 Å². The number of aromatic nitrogens is 3. The monoisotopic (exact) mass is 457 g/mol. The van der Waals surface area contributed by atoms with Gasteiger partial charge in [-0.25, -0.2) is 9.97 Å². The molecule has 0 saturated carbocycles. The van der Waals surface area contributed by atoms with Crippen molar-refractivity contribution in [2.75, 3.05) is 18.5 Å². The summed E-state index contributed by atoms with van der Waals surface area (Å²) < 4.78 is 0. The molecule has 4 aromatic rings. The van der Waals surface area contributed by atoms with Crippen molar-refractivity contribution >= 4 is 11.9 Å². The van der Waals surface area contributed by atoms with Crippen molar-refractivity contribution in [3.8, 4) is 17.0 Å². The summed E-state index contributed by atoms with van der Waals surface area (Å²) in [5, 5.41) is 25.7. The summed E-state index contributed by atoms with van der Waals surface area (Å²) in [6.45, 7) is 2.19. The lowest BCUT2D eigenvalue weighted by molar-refractivity contribution is 0.0949. The van der Waals surface area contributed by atoms with Crippen LogP contribution in [0.4, 0.5) is 5.95 Å². The van der Waals surface area contributed by atoms with Gasteiger partial charge < -0.3 is 25.8 Å². The van der Waals surface area contributed by atoms with E-state index in [1.165, 1.54) is 0 Å². The Balaban J connectivity index is 1.44. The van der Waals surface area contributed by atoms with Gasteiger partial charge in [0.2, 0.25) is 5.95 Å². The normalized spacial score (nSPS) is 11.7. The van der Waals surface area contributed by atoms with Crippen molar-refractivity contribution in [2.24, 2.45) is 0 Å². The van der Waals surface area contributed by atoms with Gasteiger partial charge >= 0.3 is 0 Å². The molecule has 8 heteroatoms. The number of phenols is 1. The maximum atomic E-state index is 12.6. The number of aliphatic hydroxyl groups excluding tert-OH is 1. The lowest BCUT2D eigenvalue weighted by Crippen LogP contribution is -2.25. The molecular weight excluding hydrogens is 430 g/mol. The summed E-state index contributed by atoms with van der Waals surface area (Å²) in [7, 11) is 0. The number of para-hydroxylation sites is 1. The van der Waals surface area contributed by atoms with Crippen molar-refractivity contribution in [2.45, 2.75) is 19.4 Å². The molecule has 1 amide bonds. The van der Waals surface area contributed by atoms with E-state index in [0.29, 0.717) is 30.3 Å². The predicted molar refractivity (Wildman–Crippen MR) is 131 cm³/mol. The zero-order valence-electron chi connectivity index (χ0n) is 18.8. The van der Waals surface area contributed by atoms with E-state index in [4.69, 9.17) is 0 Å². The third kappa shape index (κ3) is 5.41. The van der Waals surface area contributed by atoms with Gasteiger partial charge in [-0.3, -0.25) is 4.79 Å². The number of hydrogen-bond donors (Lipinski definition) is 5. The van der Waals surface area contributed by atoms with E-state index in [9.17, 15) is 15.0 Å². The van der Waals surface area contributed by atoms with Gasteiger partial charge in [-0.2, -0.15) is 0 Å². The van der Waals surface area contributed by atoms with Gasteiger partial charge in [-0.1, -0.05) is 48.5 Å². The van der Waals surface area contributed by atoms with Crippen molar-refractivity contribution in [1.29, 1.82) is 0 Å². The number of hydrogen-bond acceptors (Lipinski definition) is 6. The fourth-order valence-corrected chi connectivity index (χ4v) is 3.67. The minimum Gasteiger partial charge on any atom is -0.508 e.